The van der Waals surface area contributed by atoms with E-state index in [2.05, 4.69) is 15.0 Å². The van der Waals surface area contributed by atoms with E-state index in [1.54, 1.807) is 48.7 Å². The lowest BCUT2D eigenvalue weighted by Gasteiger charge is -2.15. The molecule has 10 heteroatoms. The second kappa shape index (κ2) is 9.26. The van der Waals surface area contributed by atoms with E-state index in [0.29, 0.717) is 17.0 Å². The number of ether oxygens (including phenoxy) is 2. The molecule has 34 heavy (non-hydrogen) atoms. The van der Waals surface area contributed by atoms with Gasteiger partial charge in [-0.15, -0.1) is 13.2 Å². The third-order valence-corrected chi connectivity index (χ3v) is 4.93. The fourth-order valence-electron chi connectivity index (χ4n) is 3.51. The largest absolute Gasteiger partial charge is 0.573 e. The Balaban J connectivity index is 1.75. The molecule has 0 radical (unpaired) electrons. The fourth-order valence-corrected chi connectivity index (χ4v) is 3.51. The van der Waals surface area contributed by atoms with E-state index >= 15 is 0 Å². The van der Waals surface area contributed by atoms with E-state index < -0.39 is 23.9 Å². The summed E-state index contributed by atoms with van der Waals surface area (Å²) in [6.45, 7) is -0.0838. The number of amides is 2. The van der Waals surface area contributed by atoms with Gasteiger partial charge in [-0.1, -0.05) is 30.3 Å². The number of hydrogen-bond donors (Lipinski definition) is 1. The molecule has 0 saturated carbocycles. The van der Waals surface area contributed by atoms with E-state index in [9.17, 15) is 22.8 Å². The number of benzene rings is 2. The first kappa shape index (κ1) is 22.8. The Labute approximate surface area is 192 Å². The molecule has 7 nitrogen and oxygen atoms in total. The number of aromatic nitrogens is 1. The van der Waals surface area contributed by atoms with Gasteiger partial charge in [0.15, 0.2) is 0 Å². The zero-order valence-electron chi connectivity index (χ0n) is 17.8. The number of carbonyl (C=O) groups excluding carboxylic acids is 2. The quantitative estimate of drug-likeness (QED) is 0.518. The number of halogens is 3. The van der Waals surface area contributed by atoms with Crippen LogP contribution in [0.4, 0.5) is 18.9 Å². The average molecular weight is 469 g/mol. The number of hydrogen-bond acceptors (Lipinski definition) is 6. The number of para-hydroxylation sites is 1. The zero-order chi connectivity index (χ0) is 24.3. The summed E-state index contributed by atoms with van der Waals surface area (Å²) >= 11 is 0. The second-order valence-corrected chi connectivity index (χ2v) is 7.17. The Kier molecular flexibility index (Phi) is 6.22. The summed E-state index contributed by atoms with van der Waals surface area (Å²) in [5.41, 5.74) is 0.905. The molecular weight excluding hydrogens is 451 g/mol. The molecule has 2 aromatic carbocycles. The number of nitrogens with zero attached hydrogens (tertiary/aromatic N) is 2. The van der Waals surface area contributed by atoms with Crippen LogP contribution in [-0.4, -0.2) is 35.2 Å². The van der Waals surface area contributed by atoms with Gasteiger partial charge in [-0.2, -0.15) is 0 Å². The normalized spacial score (nSPS) is 13.9. The van der Waals surface area contributed by atoms with Crippen molar-refractivity contribution in [1.29, 1.82) is 0 Å². The van der Waals surface area contributed by atoms with E-state index in [-0.39, 0.29) is 23.5 Å². The molecule has 0 fully saturated rings. The Morgan fingerprint density at radius 3 is 2.44 bits per heavy atom. The molecular formula is C24H18F3N3O4. The third-order valence-electron chi connectivity index (χ3n) is 4.93. The van der Waals surface area contributed by atoms with Crippen LogP contribution in [0.2, 0.25) is 0 Å². The number of imide groups is 1. The second-order valence-electron chi connectivity index (χ2n) is 7.17. The first-order valence-corrected chi connectivity index (χ1v) is 10.0. The van der Waals surface area contributed by atoms with Crippen LogP contribution in [0.1, 0.15) is 11.3 Å². The summed E-state index contributed by atoms with van der Waals surface area (Å²) in [7, 11) is 1.43. The highest BCUT2D eigenvalue weighted by Crippen LogP contribution is 2.36. The van der Waals surface area contributed by atoms with Crippen molar-refractivity contribution < 1.29 is 32.2 Å². The van der Waals surface area contributed by atoms with Crippen molar-refractivity contribution in [2.45, 2.75) is 12.9 Å². The van der Waals surface area contributed by atoms with Gasteiger partial charge in [0.1, 0.15) is 17.2 Å². The first-order chi connectivity index (χ1) is 16.3. The average Bonchev–Trinajstić information content (AvgIpc) is 3.03. The van der Waals surface area contributed by atoms with Crippen molar-refractivity contribution in [3.8, 4) is 11.5 Å². The summed E-state index contributed by atoms with van der Waals surface area (Å²) in [4.78, 5) is 31.9. The van der Waals surface area contributed by atoms with Gasteiger partial charge in [-0.3, -0.25) is 19.5 Å². The number of pyridine rings is 1. The Hall–Kier alpha value is -4.34. The van der Waals surface area contributed by atoms with Gasteiger partial charge in [-0.25, -0.2) is 0 Å². The lowest BCUT2D eigenvalue weighted by molar-refractivity contribution is -0.274. The van der Waals surface area contributed by atoms with Gasteiger partial charge >= 0.3 is 6.36 Å². The van der Waals surface area contributed by atoms with Crippen LogP contribution in [0.25, 0.3) is 5.57 Å². The number of alkyl halides is 3. The van der Waals surface area contributed by atoms with Crippen LogP contribution in [0, 0.1) is 0 Å². The maximum absolute atomic E-state index is 13.4. The molecule has 1 aliphatic heterocycles. The minimum Gasteiger partial charge on any atom is -0.496 e. The van der Waals surface area contributed by atoms with Gasteiger partial charge in [0, 0.05) is 23.5 Å². The number of carbonyl (C=O) groups is 2. The van der Waals surface area contributed by atoms with Crippen molar-refractivity contribution in [2.75, 3.05) is 12.4 Å². The smallest absolute Gasteiger partial charge is 0.496 e. The Bertz CT molecular complexity index is 1260. The highest BCUT2D eigenvalue weighted by Gasteiger charge is 2.40. The summed E-state index contributed by atoms with van der Waals surface area (Å²) < 4.78 is 47.2. The number of anilines is 1. The molecule has 4 rings (SSSR count). The molecule has 0 saturated heterocycles. The fraction of sp³-hybridized carbons (Fsp3) is 0.125. The maximum Gasteiger partial charge on any atom is 0.573 e. The summed E-state index contributed by atoms with van der Waals surface area (Å²) in [5.74, 6) is -1.37. The predicted octanol–water partition coefficient (Wildman–Crippen LogP) is 4.38. The Morgan fingerprint density at radius 1 is 0.971 bits per heavy atom. The van der Waals surface area contributed by atoms with E-state index in [0.717, 1.165) is 17.0 Å². The lowest BCUT2D eigenvalue weighted by Crippen LogP contribution is -2.32. The summed E-state index contributed by atoms with van der Waals surface area (Å²) in [5, 5.41) is 2.81. The molecule has 2 heterocycles. The van der Waals surface area contributed by atoms with Crippen LogP contribution >= 0.6 is 0 Å². The minimum absolute atomic E-state index is 0.0283. The van der Waals surface area contributed by atoms with Crippen LogP contribution in [-0.2, 0) is 16.1 Å². The van der Waals surface area contributed by atoms with Crippen molar-refractivity contribution in [3.05, 3.63) is 89.9 Å². The van der Waals surface area contributed by atoms with E-state index in [1.165, 1.54) is 19.2 Å². The first-order valence-electron chi connectivity index (χ1n) is 10.0. The minimum atomic E-state index is -4.88. The molecule has 0 atom stereocenters. The standard InChI is InChI=1S/C24H18F3N3O4/c1-33-19-11-3-2-10-18(19)20-21(29-15-8-6-9-17(13-15)34-24(25,26)27)23(32)30(22(20)31)14-16-7-4-5-12-28-16/h2-13,29H,14H2,1H3. The monoisotopic (exact) mass is 469 g/mol. The van der Waals surface area contributed by atoms with Crippen LogP contribution in [0.5, 0.6) is 11.5 Å². The van der Waals surface area contributed by atoms with Crippen LogP contribution < -0.4 is 14.8 Å². The summed E-state index contributed by atoms with van der Waals surface area (Å²) in [6.07, 6.45) is -3.33. The summed E-state index contributed by atoms with van der Waals surface area (Å²) in [6, 6.07) is 16.8. The Morgan fingerprint density at radius 2 is 1.74 bits per heavy atom. The molecule has 1 N–H and O–H groups in total. The highest BCUT2D eigenvalue weighted by molar-refractivity contribution is 6.36. The topological polar surface area (TPSA) is 80.8 Å². The molecule has 0 aliphatic carbocycles. The predicted molar refractivity (Wildman–Crippen MR) is 116 cm³/mol. The molecule has 0 spiro atoms. The van der Waals surface area contributed by atoms with Crippen molar-refractivity contribution in [1.82, 2.24) is 9.88 Å². The van der Waals surface area contributed by atoms with Gasteiger partial charge < -0.3 is 14.8 Å². The van der Waals surface area contributed by atoms with Gasteiger partial charge in [0.25, 0.3) is 11.8 Å². The van der Waals surface area contributed by atoms with E-state index in [1.807, 2.05) is 0 Å². The van der Waals surface area contributed by atoms with Gasteiger partial charge in [0.05, 0.1) is 24.9 Å². The molecule has 0 bridgehead atoms. The van der Waals surface area contributed by atoms with E-state index in [4.69, 9.17) is 4.74 Å². The molecule has 3 aromatic rings. The van der Waals surface area contributed by atoms with Crippen molar-refractivity contribution >= 4 is 23.1 Å². The molecule has 0 unspecified atom stereocenters. The number of nitrogens with one attached hydrogen (secondary N) is 1. The van der Waals surface area contributed by atoms with Gasteiger partial charge in [0.2, 0.25) is 0 Å². The molecule has 1 aromatic heterocycles. The SMILES string of the molecule is COc1ccccc1C1=C(Nc2cccc(OC(F)(F)F)c2)C(=O)N(Cc2ccccn2)C1=O. The van der Waals surface area contributed by atoms with Crippen LogP contribution in [0.15, 0.2) is 78.6 Å². The highest BCUT2D eigenvalue weighted by atomic mass is 19.4. The van der Waals surface area contributed by atoms with Crippen molar-refractivity contribution in [3.63, 3.8) is 0 Å². The molecule has 174 valence electrons. The number of rotatable bonds is 7. The molecule has 2 amide bonds. The lowest BCUT2D eigenvalue weighted by atomic mass is 10.0. The van der Waals surface area contributed by atoms with Crippen LogP contribution in [0.3, 0.4) is 0 Å². The molecule has 1 aliphatic rings. The zero-order valence-corrected chi connectivity index (χ0v) is 17.8. The van der Waals surface area contributed by atoms with Crippen molar-refractivity contribution in [2.24, 2.45) is 0 Å². The third kappa shape index (κ3) is 4.85. The number of methoxy groups -OCH3 is 1. The maximum atomic E-state index is 13.4. The van der Waals surface area contributed by atoms with Gasteiger partial charge in [-0.05, 0) is 30.3 Å².